The molecule has 1 aromatic rings. The van der Waals surface area contributed by atoms with Gasteiger partial charge >= 0.3 is 0 Å². The molecule has 1 rings (SSSR count). The lowest BCUT2D eigenvalue weighted by molar-refractivity contribution is 0.273. The van der Waals surface area contributed by atoms with Gasteiger partial charge in [0.05, 0.1) is 0 Å². The van der Waals surface area contributed by atoms with Gasteiger partial charge in [0.25, 0.3) is 0 Å². The van der Waals surface area contributed by atoms with Crippen molar-refractivity contribution in [2.24, 2.45) is 0 Å². The lowest BCUT2D eigenvalue weighted by Crippen LogP contribution is -1.99. The van der Waals surface area contributed by atoms with Gasteiger partial charge in [0, 0.05) is 4.47 Å². The Morgan fingerprint density at radius 1 is 1.38 bits per heavy atom. The van der Waals surface area contributed by atoms with Crippen LogP contribution in [0.2, 0.25) is 0 Å². The van der Waals surface area contributed by atoms with Gasteiger partial charge in [-0.15, -0.1) is 0 Å². The van der Waals surface area contributed by atoms with Crippen molar-refractivity contribution in [2.75, 3.05) is 13.3 Å². The molecule has 0 unspecified atom stereocenters. The Labute approximate surface area is 86.8 Å². The Morgan fingerprint density at radius 2 is 2.15 bits per heavy atom. The molecule has 0 aliphatic rings. The highest BCUT2D eigenvalue weighted by atomic mass is 79.9. The molecule has 0 aliphatic carbocycles. The molecular weight excluding hydrogens is 234 g/mol. The lowest BCUT2D eigenvalue weighted by Gasteiger charge is -2.06. The summed E-state index contributed by atoms with van der Waals surface area (Å²) in [5.74, 6) is 0.726. The van der Waals surface area contributed by atoms with E-state index in [-0.39, 0.29) is 6.61 Å². The topological polar surface area (TPSA) is 9.23 Å². The van der Waals surface area contributed by atoms with Crippen molar-refractivity contribution in [1.29, 1.82) is 0 Å². The van der Waals surface area contributed by atoms with E-state index in [2.05, 4.69) is 23.8 Å². The maximum Gasteiger partial charge on any atom is 0.123 e. The fourth-order valence-electron chi connectivity index (χ4n) is 1.06. The molecule has 0 aromatic heterocycles. The molecule has 70 valence electrons. The van der Waals surface area contributed by atoms with E-state index in [0.717, 1.165) is 16.5 Å². The summed E-state index contributed by atoms with van der Waals surface area (Å²) in [7, 11) is 2.07. The molecule has 4 heteroatoms. The third-order valence-electron chi connectivity index (χ3n) is 1.69. The first-order valence-corrected chi connectivity index (χ1v) is 5.03. The highest BCUT2D eigenvalue weighted by Crippen LogP contribution is 2.21. The maximum absolute atomic E-state index is 11.8. The summed E-state index contributed by atoms with van der Waals surface area (Å²) in [4.78, 5) is 0. The Hall–Kier alpha value is -0.505. The largest absolute Gasteiger partial charge is 0.491 e. The van der Waals surface area contributed by atoms with E-state index >= 15 is 0 Å². The van der Waals surface area contributed by atoms with Gasteiger partial charge in [-0.2, -0.15) is 0 Å². The SMILES string of the molecule is BCc1cc(Br)cc(OCCF)c1. The predicted octanol–water partition coefficient (Wildman–Crippen LogP) is 1.93. The first kappa shape index (κ1) is 10.6. The molecule has 1 nitrogen and oxygen atoms in total. The first-order valence-electron chi connectivity index (χ1n) is 4.24. The van der Waals surface area contributed by atoms with Crippen LogP contribution in [0.4, 0.5) is 4.39 Å². The maximum atomic E-state index is 11.8. The second-order valence-electron chi connectivity index (χ2n) is 2.69. The van der Waals surface area contributed by atoms with E-state index in [9.17, 15) is 4.39 Å². The second-order valence-corrected chi connectivity index (χ2v) is 3.60. The third kappa shape index (κ3) is 3.39. The standard InChI is InChI=1S/C9H11BBrFO/c10-6-7-3-8(11)5-9(4-7)13-2-1-12/h3-5H,1-2,6,10H2. The van der Waals surface area contributed by atoms with Gasteiger partial charge in [-0.05, 0) is 18.2 Å². The van der Waals surface area contributed by atoms with Crippen LogP contribution in [-0.2, 0) is 6.32 Å². The number of halogens is 2. The molecule has 0 saturated heterocycles. The number of ether oxygens (including phenoxy) is 1. The van der Waals surface area contributed by atoms with Gasteiger partial charge < -0.3 is 4.74 Å². The van der Waals surface area contributed by atoms with Crippen LogP contribution < -0.4 is 4.74 Å². The number of hydrogen-bond acceptors (Lipinski definition) is 1. The van der Waals surface area contributed by atoms with Crippen LogP contribution in [0, 0.1) is 0 Å². The molecule has 0 saturated carbocycles. The summed E-state index contributed by atoms with van der Waals surface area (Å²) in [6, 6.07) is 5.80. The molecule has 0 N–H and O–H groups in total. The minimum absolute atomic E-state index is 0.125. The molecule has 0 radical (unpaired) electrons. The molecule has 13 heavy (non-hydrogen) atoms. The van der Waals surface area contributed by atoms with E-state index in [1.165, 1.54) is 5.56 Å². The number of benzene rings is 1. The summed E-state index contributed by atoms with van der Waals surface area (Å²) in [5.41, 5.74) is 1.18. The summed E-state index contributed by atoms with van der Waals surface area (Å²) < 4.78 is 18.0. The Kier molecular flexibility index (Phi) is 4.29. The van der Waals surface area contributed by atoms with Crippen LogP contribution in [0.25, 0.3) is 0 Å². The smallest absolute Gasteiger partial charge is 0.123 e. The third-order valence-corrected chi connectivity index (χ3v) is 2.14. The zero-order chi connectivity index (χ0) is 9.68. The van der Waals surface area contributed by atoms with Crippen molar-refractivity contribution >= 4 is 23.8 Å². The van der Waals surface area contributed by atoms with Crippen LogP contribution >= 0.6 is 15.9 Å². The van der Waals surface area contributed by atoms with Crippen molar-refractivity contribution in [1.82, 2.24) is 0 Å². The number of rotatable bonds is 4. The highest BCUT2D eigenvalue weighted by molar-refractivity contribution is 9.10. The van der Waals surface area contributed by atoms with Gasteiger partial charge in [-0.25, -0.2) is 4.39 Å². The quantitative estimate of drug-likeness (QED) is 0.736. The molecule has 0 atom stereocenters. The molecule has 0 bridgehead atoms. The summed E-state index contributed by atoms with van der Waals surface area (Å²) in [6.07, 6.45) is 0.950. The molecule has 0 aliphatic heterocycles. The average molecular weight is 245 g/mol. The zero-order valence-electron chi connectivity index (χ0n) is 7.52. The van der Waals surface area contributed by atoms with Crippen LogP contribution in [-0.4, -0.2) is 21.1 Å². The van der Waals surface area contributed by atoms with Gasteiger partial charge in [0.2, 0.25) is 0 Å². The van der Waals surface area contributed by atoms with Gasteiger partial charge in [-0.1, -0.05) is 27.8 Å². The monoisotopic (exact) mass is 244 g/mol. The molecule has 1 aromatic carbocycles. The van der Waals surface area contributed by atoms with Crippen LogP contribution in [0.3, 0.4) is 0 Å². The second kappa shape index (κ2) is 5.27. The van der Waals surface area contributed by atoms with Crippen molar-refractivity contribution < 1.29 is 9.13 Å². The zero-order valence-corrected chi connectivity index (χ0v) is 9.10. The van der Waals surface area contributed by atoms with Gasteiger partial charge in [0.1, 0.15) is 26.9 Å². The van der Waals surface area contributed by atoms with E-state index in [4.69, 9.17) is 4.74 Å². The van der Waals surface area contributed by atoms with E-state index in [0.29, 0.717) is 0 Å². The van der Waals surface area contributed by atoms with Crippen LogP contribution in [0.1, 0.15) is 5.56 Å². The fourth-order valence-corrected chi connectivity index (χ4v) is 1.58. The normalized spacial score (nSPS) is 10.0. The van der Waals surface area contributed by atoms with Crippen molar-refractivity contribution in [3.8, 4) is 5.75 Å². The molecular formula is C9H11BBrFO. The van der Waals surface area contributed by atoms with Gasteiger partial charge in [-0.3, -0.25) is 0 Å². The van der Waals surface area contributed by atoms with Crippen molar-refractivity contribution in [3.05, 3.63) is 28.2 Å². The van der Waals surface area contributed by atoms with E-state index in [1.807, 2.05) is 18.2 Å². The van der Waals surface area contributed by atoms with E-state index in [1.54, 1.807) is 0 Å². The minimum atomic E-state index is -0.450. The predicted molar refractivity (Wildman–Crippen MR) is 57.9 cm³/mol. The summed E-state index contributed by atoms with van der Waals surface area (Å²) >= 11 is 3.37. The van der Waals surface area contributed by atoms with Crippen molar-refractivity contribution in [3.63, 3.8) is 0 Å². The number of alkyl halides is 1. The highest BCUT2D eigenvalue weighted by Gasteiger charge is 1.98. The molecule has 0 amide bonds. The Balaban J connectivity index is 2.76. The van der Waals surface area contributed by atoms with Crippen molar-refractivity contribution in [2.45, 2.75) is 6.32 Å². The summed E-state index contributed by atoms with van der Waals surface area (Å²) in [5, 5.41) is 0. The molecule has 0 fully saturated rings. The van der Waals surface area contributed by atoms with Crippen LogP contribution in [0.5, 0.6) is 5.75 Å². The summed E-state index contributed by atoms with van der Waals surface area (Å²) in [6.45, 7) is -0.326. The van der Waals surface area contributed by atoms with Crippen LogP contribution in [0.15, 0.2) is 22.7 Å². The first-order chi connectivity index (χ1) is 6.26. The van der Waals surface area contributed by atoms with Gasteiger partial charge in [0.15, 0.2) is 0 Å². The lowest BCUT2D eigenvalue weighted by atomic mass is 9.97. The average Bonchev–Trinajstić information content (AvgIpc) is 2.14. The molecule has 0 heterocycles. The fraction of sp³-hybridized carbons (Fsp3) is 0.333. The number of hydrogen-bond donors (Lipinski definition) is 0. The van der Waals surface area contributed by atoms with E-state index < -0.39 is 6.67 Å². The Bertz CT molecular complexity index is 280. The Morgan fingerprint density at radius 3 is 2.77 bits per heavy atom. The minimum Gasteiger partial charge on any atom is -0.491 e. The molecule has 0 spiro atoms.